The van der Waals surface area contributed by atoms with Crippen LogP contribution in [0.3, 0.4) is 0 Å². The van der Waals surface area contributed by atoms with Crippen molar-refractivity contribution >= 4 is 6.08 Å². The van der Waals surface area contributed by atoms with E-state index >= 15 is 0 Å². The molecule has 0 bridgehead atoms. The Bertz CT molecular complexity index is 531. The first-order valence-corrected chi connectivity index (χ1v) is 8.26. The van der Waals surface area contributed by atoms with Gasteiger partial charge in [-0.05, 0) is 37.6 Å². The van der Waals surface area contributed by atoms with Crippen molar-refractivity contribution in [1.29, 1.82) is 0 Å². The molecule has 2 atom stereocenters. The first-order valence-electron chi connectivity index (χ1n) is 8.26. The average molecular weight is 301 g/mol. The summed E-state index contributed by atoms with van der Waals surface area (Å²) >= 11 is 0. The molecule has 0 aromatic heterocycles. The number of rotatable bonds is 2. The third-order valence-electron chi connectivity index (χ3n) is 4.79. The Morgan fingerprint density at radius 1 is 1.09 bits per heavy atom. The lowest BCUT2D eigenvalue weighted by Crippen LogP contribution is -2.56. The van der Waals surface area contributed by atoms with Crippen molar-refractivity contribution < 1.29 is 14.2 Å². The van der Waals surface area contributed by atoms with Gasteiger partial charge in [-0.25, -0.2) is 0 Å². The van der Waals surface area contributed by atoms with Gasteiger partial charge >= 0.3 is 0 Å². The summed E-state index contributed by atoms with van der Waals surface area (Å²) in [4.78, 5) is 2.51. The Labute approximate surface area is 131 Å². The highest BCUT2D eigenvalue weighted by Crippen LogP contribution is 2.41. The zero-order chi connectivity index (χ0) is 14.8. The lowest BCUT2D eigenvalue weighted by molar-refractivity contribution is -0.280. The van der Waals surface area contributed by atoms with Crippen LogP contribution in [0.15, 0.2) is 36.1 Å². The highest BCUT2D eigenvalue weighted by Gasteiger charge is 2.53. The third-order valence-corrected chi connectivity index (χ3v) is 4.79. The predicted molar refractivity (Wildman–Crippen MR) is 84.2 cm³/mol. The summed E-state index contributed by atoms with van der Waals surface area (Å²) in [5.74, 6) is 0.400. The second-order valence-electron chi connectivity index (χ2n) is 6.30. The van der Waals surface area contributed by atoms with E-state index in [4.69, 9.17) is 14.2 Å². The fourth-order valence-corrected chi connectivity index (χ4v) is 3.74. The molecule has 1 spiro atoms. The fourth-order valence-electron chi connectivity index (χ4n) is 3.74. The predicted octanol–water partition coefficient (Wildman–Crippen LogP) is 2.66. The Morgan fingerprint density at radius 2 is 1.91 bits per heavy atom. The van der Waals surface area contributed by atoms with Crippen LogP contribution in [0.25, 0.3) is 6.08 Å². The number of hydrogen-bond acceptors (Lipinski definition) is 4. The van der Waals surface area contributed by atoms with Crippen LogP contribution >= 0.6 is 0 Å². The van der Waals surface area contributed by atoms with Crippen molar-refractivity contribution in [3.8, 4) is 0 Å². The molecule has 22 heavy (non-hydrogen) atoms. The monoisotopic (exact) mass is 301 g/mol. The molecular formula is C18H23NO3. The van der Waals surface area contributed by atoms with Gasteiger partial charge in [-0.3, -0.25) is 4.90 Å². The highest BCUT2D eigenvalue weighted by atomic mass is 16.7. The summed E-state index contributed by atoms with van der Waals surface area (Å²) in [7, 11) is 0. The van der Waals surface area contributed by atoms with Crippen molar-refractivity contribution in [2.75, 3.05) is 32.9 Å². The van der Waals surface area contributed by atoms with E-state index in [-0.39, 0.29) is 6.04 Å². The Kier molecular flexibility index (Phi) is 3.90. The molecule has 1 aromatic carbocycles. The first kappa shape index (κ1) is 14.2. The molecule has 0 unspecified atom stereocenters. The van der Waals surface area contributed by atoms with E-state index < -0.39 is 5.79 Å². The Morgan fingerprint density at radius 3 is 2.64 bits per heavy atom. The maximum atomic E-state index is 6.29. The lowest BCUT2D eigenvalue weighted by Gasteiger charge is -2.40. The van der Waals surface area contributed by atoms with E-state index in [1.54, 1.807) is 0 Å². The Hall–Kier alpha value is -1.36. The highest BCUT2D eigenvalue weighted by molar-refractivity contribution is 5.52. The van der Waals surface area contributed by atoms with Gasteiger partial charge in [0.1, 0.15) is 12.4 Å². The quantitative estimate of drug-likeness (QED) is 0.840. The molecule has 3 fully saturated rings. The lowest BCUT2D eigenvalue weighted by atomic mass is 10.0. The molecule has 3 aliphatic heterocycles. The number of nitrogens with zero attached hydrogens (tertiary/aromatic N) is 1. The molecule has 0 radical (unpaired) electrons. The van der Waals surface area contributed by atoms with Crippen LogP contribution in [0, 0.1) is 0 Å². The number of likely N-dealkylation sites (tertiary alicyclic amines) is 1. The minimum atomic E-state index is -0.608. The second kappa shape index (κ2) is 6.03. The second-order valence-corrected chi connectivity index (χ2v) is 6.30. The van der Waals surface area contributed by atoms with Gasteiger partial charge in [-0.2, -0.15) is 0 Å². The average Bonchev–Trinajstić information content (AvgIpc) is 3.18. The van der Waals surface area contributed by atoms with Crippen LogP contribution in [-0.2, 0) is 14.2 Å². The molecule has 3 aliphatic rings. The first-order chi connectivity index (χ1) is 10.9. The largest absolute Gasteiger partial charge is 0.462 e. The molecule has 4 rings (SSSR count). The molecule has 0 saturated carbocycles. The van der Waals surface area contributed by atoms with Crippen LogP contribution in [-0.4, -0.2) is 49.6 Å². The van der Waals surface area contributed by atoms with E-state index in [9.17, 15) is 0 Å². The van der Waals surface area contributed by atoms with E-state index in [2.05, 4.69) is 35.2 Å². The van der Waals surface area contributed by atoms with Crippen LogP contribution in [0.4, 0.5) is 0 Å². The molecule has 118 valence electrons. The molecular weight excluding hydrogens is 278 g/mol. The van der Waals surface area contributed by atoms with Gasteiger partial charge < -0.3 is 14.2 Å². The maximum absolute atomic E-state index is 6.29. The van der Waals surface area contributed by atoms with Crippen molar-refractivity contribution in [1.82, 2.24) is 4.90 Å². The summed E-state index contributed by atoms with van der Waals surface area (Å²) in [6.07, 6.45) is 5.57. The van der Waals surface area contributed by atoms with E-state index in [1.807, 2.05) is 6.07 Å². The van der Waals surface area contributed by atoms with E-state index in [0.29, 0.717) is 19.8 Å². The minimum absolute atomic E-state index is 0.269. The molecule has 3 saturated heterocycles. The van der Waals surface area contributed by atoms with E-state index in [1.165, 1.54) is 18.4 Å². The smallest absolute Gasteiger partial charge is 0.249 e. The summed E-state index contributed by atoms with van der Waals surface area (Å²) in [5, 5.41) is 0. The summed E-state index contributed by atoms with van der Waals surface area (Å²) in [5.41, 5.74) is 1.17. The van der Waals surface area contributed by atoms with Crippen molar-refractivity contribution in [3.05, 3.63) is 41.7 Å². The molecule has 0 N–H and O–H groups in total. The van der Waals surface area contributed by atoms with Crippen molar-refractivity contribution in [2.24, 2.45) is 0 Å². The Balaban J connectivity index is 1.60. The molecule has 0 amide bonds. The number of ether oxygens (including phenoxy) is 3. The molecule has 0 aliphatic carbocycles. The minimum Gasteiger partial charge on any atom is -0.462 e. The molecule has 4 heteroatoms. The van der Waals surface area contributed by atoms with Crippen molar-refractivity contribution in [2.45, 2.75) is 31.1 Å². The van der Waals surface area contributed by atoms with Crippen LogP contribution < -0.4 is 0 Å². The topological polar surface area (TPSA) is 30.9 Å². The van der Waals surface area contributed by atoms with Crippen molar-refractivity contribution in [3.63, 3.8) is 0 Å². The van der Waals surface area contributed by atoms with Gasteiger partial charge in [0.05, 0.1) is 19.3 Å². The van der Waals surface area contributed by atoms with Crippen LogP contribution in [0.1, 0.15) is 24.8 Å². The zero-order valence-electron chi connectivity index (χ0n) is 12.9. The van der Waals surface area contributed by atoms with Gasteiger partial charge in [-0.15, -0.1) is 0 Å². The van der Waals surface area contributed by atoms with Gasteiger partial charge in [-0.1, -0.05) is 30.3 Å². The maximum Gasteiger partial charge on any atom is 0.249 e. The number of benzene rings is 1. The fraction of sp³-hybridized carbons (Fsp3) is 0.556. The summed E-state index contributed by atoms with van der Waals surface area (Å²) < 4.78 is 18.1. The molecule has 3 heterocycles. The standard InChI is InChI=1S/C18H23NO3/c1-2-6-15(7-3-1)12-16-13-17(19-8-4-5-9-19)18(22-16)14-20-10-11-21-18/h1-3,6-7,12,17H,4-5,8-11,13-14H2/b16-12-/t17-,18+/m0/s1. The SMILES string of the molecule is C(=C1\C[C@H](N2CCCC2)[C@@]2(COCCO2)O1)/c1ccccc1. The summed E-state index contributed by atoms with van der Waals surface area (Å²) in [6.45, 7) is 4.08. The van der Waals surface area contributed by atoms with Crippen LogP contribution in [0.5, 0.6) is 0 Å². The van der Waals surface area contributed by atoms with Gasteiger partial charge in [0.25, 0.3) is 0 Å². The summed E-state index contributed by atoms with van der Waals surface area (Å²) in [6, 6.07) is 10.6. The normalized spacial score (nSPS) is 34.4. The number of hydrogen-bond donors (Lipinski definition) is 0. The van der Waals surface area contributed by atoms with Gasteiger partial charge in [0, 0.05) is 6.42 Å². The van der Waals surface area contributed by atoms with E-state index in [0.717, 1.165) is 25.3 Å². The van der Waals surface area contributed by atoms with Crippen LogP contribution in [0.2, 0.25) is 0 Å². The molecule has 1 aromatic rings. The molecule has 4 nitrogen and oxygen atoms in total. The third kappa shape index (κ3) is 2.67. The van der Waals surface area contributed by atoms with Gasteiger partial charge in [0.15, 0.2) is 0 Å². The zero-order valence-corrected chi connectivity index (χ0v) is 12.9. The van der Waals surface area contributed by atoms with Gasteiger partial charge in [0.2, 0.25) is 5.79 Å².